The lowest BCUT2D eigenvalue weighted by atomic mass is 9.82. The zero-order valence-corrected chi connectivity index (χ0v) is 12.3. The Morgan fingerprint density at radius 2 is 1.78 bits per heavy atom. The zero-order valence-electron chi connectivity index (χ0n) is 11.5. The fourth-order valence-electron chi connectivity index (χ4n) is 1.82. The molecular formula is C14H23ClN2O. The molecule has 0 aliphatic carbocycles. The number of likely N-dealkylation sites (N-methyl/N-ethyl adjacent to an activating group) is 1. The Balaban J connectivity index is 0.00000289. The van der Waals surface area contributed by atoms with Gasteiger partial charge in [-0.15, -0.1) is 12.4 Å². The van der Waals surface area contributed by atoms with Crippen LogP contribution in [0.15, 0.2) is 30.3 Å². The number of rotatable bonds is 4. The Hall–Kier alpha value is -1.06. The van der Waals surface area contributed by atoms with Crippen molar-refractivity contribution in [3.05, 3.63) is 35.9 Å². The van der Waals surface area contributed by atoms with E-state index in [9.17, 15) is 4.79 Å². The van der Waals surface area contributed by atoms with Gasteiger partial charge in [-0.25, -0.2) is 0 Å². The van der Waals surface area contributed by atoms with E-state index < -0.39 is 0 Å². The van der Waals surface area contributed by atoms with Crippen molar-refractivity contribution in [2.45, 2.75) is 26.8 Å². The van der Waals surface area contributed by atoms with Crippen molar-refractivity contribution in [3.8, 4) is 0 Å². The Kier molecular flexibility index (Phi) is 6.96. The van der Waals surface area contributed by atoms with Gasteiger partial charge in [0.15, 0.2) is 0 Å². The molecule has 1 aromatic carbocycles. The second-order valence-electron chi connectivity index (χ2n) is 5.31. The fraction of sp³-hybridized carbons (Fsp3) is 0.500. The van der Waals surface area contributed by atoms with E-state index in [2.05, 4.69) is 43.5 Å². The first-order valence-corrected chi connectivity index (χ1v) is 5.94. The Bertz CT molecular complexity index is 360. The van der Waals surface area contributed by atoms with Gasteiger partial charge in [-0.3, -0.25) is 4.79 Å². The SMILES string of the molecule is CNCC(=O)NC(c1ccccc1)C(C)(C)C.Cl. The number of hydrogen-bond acceptors (Lipinski definition) is 2. The van der Waals surface area contributed by atoms with Gasteiger partial charge in [0, 0.05) is 0 Å². The summed E-state index contributed by atoms with van der Waals surface area (Å²) in [5, 5.41) is 5.94. The molecule has 0 aromatic heterocycles. The van der Waals surface area contributed by atoms with Crippen LogP contribution in [0.3, 0.4) is 0 Å². The van der Waals surface area contributed by atoms with Crippen LogP contribution in [0.5, 0.6) is 0 Å². The van der Waals surface area contributed by atoms with E-state index in [1.807, 2.05) is 18.2 Å². The van der Waals surface area contributed by atoms with Crippen LogP contribution in [0.4, 0.5) is 0 Å². The predicted molar refractivity (Wildman–Crippen MR) is 78.0 cm³/mol. The molecule has 0 heterocycles. The largest absolute Gasteiger partial charge is 0.348 e. The van der Waals surface area contributed by atoms with Gasteiger partial charge in [0.05, 0.1) is 12.6 Å². The van der Waals surface area contributed by atoms with Gasteiger partial charge in [-0.1, -0.05) is 51.1 Å². The minimum atomic E-state index is -0.00917. The van der Waals surface area contributed by atoms with E-state index in [0.717, 1.165) is 5.56 Å². The van der Waals surface area contributed by atoms with Crippen molar-refractivity contribution < 1.29 is 4.79 Å². The molecule has 0 fully saturated rings. The highest BCUT2D eigenvalue weighted by Gasteiger charge is 2.27. The predicted octanol–water partition coefficient (Wildman–Crippen LogP) is 2.53. The van der Waals surface area contributed by atoms with Gasteiger partial charge >= 0.3 is 0 Å². The molecule has 1 aromatic rings. The van der Waals surface area contributed by atoms with Crippen molar-refractivity contribution in [3.63, 3.8) is 0 Å². The van der Waals surface area contributed by atoms with Crippen LogP contribution in [0.2, 0.25) is 0 Å². The van der Waals surface area contributed by atoms with Crippen LogP contribution in [0, 0.1) is 5.41 Å². The topological polar surface area (TPSA) is 41.1 Å². The molecular weight excluding hydrogens is 248 g/mol. The Morgan fingerprint density at radius 3 is 2.22 bits per heavy atom. The number of amides is 1. The highest BCUT2D eigenvalue weighted by Crippen LogP contribution is 2.32. The summed E-state index contributed by atoms with van der Waals surface area (Å²) in [7, 11) is 1.77. The highest BCUT2D eigenvalue weighted by atomic mass is 35.5. The molecule has 0 radical (unpaired) electrons. The van der Waals surface area contributed by atoms with Crippen molar-refractivity contribution in [2.75, 3.05) is 13.6 Å². The molecule has 1 atom stereocenters. The summed E-state index contributed by atoms with van der Waals surface area (Å²) in [4.78, 5) is 11.7. The maximum Gasteiger partial charge on any atom is 0.234 e. The second-order valence-corrected chi connectivity index (χ2v) is 5.31. The summed E-state index contributed by atoms with van der Waals surface area (Å²) < 4.78 is 0. The zero-order chi connectivity index (χ0) is 12.9. The number of benzene rings is 1. The number of halogens is 1. The lowest BCUT2D eigenvalue weighted by molar-refractivity contribution is -0.121. The molecule has 1 amide bonds. The molecule has 0 aliphatic rings. The Morgan fingerprint density at radius 1 is 1.22 bits per heavy atom. The van der Waals surface area contributed by atoms with E-state index in [4.69, 9.17) is 0 Å². The van der Waals surface area contributed by atoms with Crippen molar-refractivity contribution in [1.82, 2.24) is 10.6 Å². The third-order valence-corrected chi connectivity index (χ3v) is 2.64. The molecule has 0 bridgehead atoms. The van der Waals surface area contributed by atoms with Crippen LogP contribution >= 0.6 is 12.4 Å². The average Bonchev–Trinajstić information content (AvgIpc) is 2.26. The molecule has 18 heavy (non-hydrogen) atoms. The molecule has 0 saturated heterocycles. The number of hydrogen-bond donors (Lipinski definition) is 2. The minimum absolute atomic E-state index is 0. The molecule has 0 aliphatic heterocycles. The van der Waals surface area contributed by atoms with Crippen molar-refractivity contribution in [2.24, 2.45) is 5.41 Å². The van der Waals surface area contributed by atoms with Crippen molar-refractivity contribution >= 4 is 18.3 Å². The van der Waals surface area contributed by atoms with Crippen LogP contribution < -0.4 is 10.6 Å². The number of carbonyl (C=O) groups is 1. The Labute approximate surface area is 116 Å². The molecule has 2 N–H and O–H groups in total. The number of carbonyl (C=O) groups excluding carboxylic acids is 1. The molecule has 0 saturated carbocycles. The number of nitrogens with one attached hydrogen (secondary N) is 2. The quantitative estimate of drug-likeness (QED) is 0.883. The van der Waals surface area contributed by atoms with Gasteiger partial charge < -0.3 is 10.6 Å². The molecule has 3 nitrogen and oxygen atoms in total. The maximum absolute atomic E-state index is 11.7. The third kappa shape index (κ3) is 5.07. The molecule has 1 unspecified atom stereocenters. The van der Waals surface area contributed by atoms with Crippen LogP contribution in [0.25, 0.3) is 0 Å². The molecule has 1 rings (SSSR count). The standard InChI is InChI=1S/C14H22N2O.ClH/c1-14(2,3)13(16-12(17)10-15-4)11-8-6-5-7-9-11;/h5-9,13,15H,10H2,1-4H3,(H,16,17);1H. The monoisotopic (exact) mass is 270 g/mol. The fourth-order valence-corrected chi connectivity index (χ4v) is 1.82. The van der Waals surface area contributed by atoms with E-state index in [1.165, 1.54) is 0 Å². The average molecular weight is 271 g/mol. The lowest BCUT2D eigenvalue weighted by Crippen LogP contribution is -2.40. The normalized spacial score (nSPS) is 12.4. The van der Waals surface area contributed by atoms with E-state index in [0.29, 0.717) is 6.54 Å². The van der Waals surface area contributed by atoms with Crippen LogP contribution in [-0.4, -0.2) is 19.5 Å². The first-order chi connectivity index (χ1) is 7.95. The summed E-state index contributed by atoms with van der Waals surface area (Å²) >= 11 is 0. The van der Waals surface area contributed by atoms with E-state index in [-0.39, 0.29) is 29.8 Å². The molecule has 4 heteroatoms. The summed E-state index contributed by atoms with van der Waals surface area (Å²) in [6, 6.07) is 10.1. The first kappa shape index (κ1) is 16.9. The van der Waals surface area contributed by atoms with Crippen molar-refractivity contribution in [1.29, 1.82) is 0 Å². The summed E-state index contributed by atoms with van der Waals surface area (Å²) in [6.45, 7) is 6.73. The summed E-state index contributed by atoms with van der Waals surface area (Å²) in [6.07, 6.45) is 0. The van der Waals surface area contributed by atoms with Gasteiger partial charge in [-0.05, 0) is 18.0 Å². The molecule has 0 spiro atoms. The maximum atomic E-state index is 11.7. The highest BCUT2D eigenvalue weighted by molar-refractivity contribution is 5.85. The van der Waals surface area contributed by atoms with E-state index in [1.54, 1.807) is 7.05 Å². The van der Waals surface area contributed by atoms with Gasteiger partial charge in [0.1, 0.15) is 0 Å². The summed E-state index contributed by atoms with van der Waals surface area (Å²) in [5.74, 6) is 0.0243. The lowest BCUT2D eigenvalue weighted by Gasteiger charge is -2.32. The molecule has 102 valence electrons. The first-order valence-electron chi connectivity index (χ1n) is 5.94. The van der Waals surface area contributed by atoms with E-state index >= 15 is 0 Å². The minimum Gasteiger partial charge on any atom is -0.348 e. The summed E-state index contributed by atoms with van der Waals surface area (Å²) in [5.41, 5.74) is 1.13. The van der Waals surface area contributed by atoms with Gasteiger partial charge in [0.25, 0.3) is 0 Å². The smallest absolute Gasteiger partial charge is 0.234 e. The third-order valence-electron chi connectivity index (χ3n) is 2.64. The van der Waals surface area contributed by atoms with Crippen LogP contribution in [0.1, 0.15) is 32.4 Å². The van der Waals surface area contributed by atoms with Gasteiger partial charge in [-0.2, -0.15) is 0 Å². The van der Waals surface area contributed by atoms with Crippen LogP contribution in [-0.2, 0) is 4.79 Å². The second kappa shape index (κ2) is 7.39. The van der Waals surface area contributed by atoms with Gasteiger partial charge in [0.2, 0.25) is 5.91 Å².